The second-order valence-corrected chi connectivity index (χ2v) is 18.2. The molecule has 3 unspecified atom stereocenters. The predicted octanol–water partition coefficient (Wildman–Crippen LogP) is 13.8. The van der Waals surface area contributed by atoms with Crippen molar-refractivity contribution in [2.45, 2.75) is 43.4 Å². The largest absolute Gasteiger partial charge is 0.251 e. The molecule has 1 saturated carbocycles. The van der Waals surface area contributed by atoms with Gasteiger partial charge in [-0.3, -0.25) is 4.98 Å². The van der Waals surface area contributed by atoms with Crippen LogP contribution in [0.25, 0.3) is 50.4 Å². The van der Waals surface area contributed by atoms with E-state index in [-0.39, 0.29) is 0 Å². The molecular weight excluding hydrogens is 771 g/mol. The van der Waals surface area contributed by atoms with Crippen molar-refractivity contribution in [3.05, 3.63) is 273 Å². The van der Waals surface area contributed by atoms with E-state index in [2.05, 4.69) is 212 Å². The smallest absolute Gasteiger partial charge is 0.0784 e. The molecule has 13 rings (SSSR count). The molecule has 1 fully saturated rings. The van der Waals surface area contributed by atoms with Crippen LogP contribution in [0.5, 0.6) is 0 Å². The highest BCUT2D eigenvalue weighted by molar-refractivity contribution is 6.12. The Labute approximate surface area is 375 Å². The molecule has 0 saturated heterocycles. The first-order valence-electron chi connectivity index (χ1n) is 23.2. The van der Waals surface area contributed by atoms with Crippen molar-refractivity contribution < 1.29 is 0 Å². The molecule has 1 aromatic heterocycles. The summed E-state index contributed by atoms with van der Waals surface area (Å²) in [6, 6.07) is 43.8. The second kappa shape index (κ2) is 14.9. The van der Waals surface area contributed by atoms with Crippen LogP contribution in [0.15, 0.2) is 229 Å². The number of nitrogens with zero attached hydrogens (tertiary/aromatic N) is 1. The fraction of sp³-hybridized carbons (Fsp3) is 0.127. The number of pyridine rings is 1. The maximum absolute atomic E-state index is 5.71. The van der Waals surface area contributed by atoms with E-state index in [0.29, 0.717) is 11.8 Å². The topological polar surface area (TPSA) is 12.9 Å². The van der Waals surface area contributed by atoms with Gasteiger partial charge in [0.05, 0.1) is 16.8 Å². The first-order valence-corrected chi connectivity index (χ1v) is 23.2. The lowest BCUT2D eigenvalue weighted by Crippen LogP contribution is -2.29. The van der Waals surface area contributed by atoms with Crippen molar-refractivity contribution in [3.63, 3.8) is 0 Å². The van der Waals surface area contributed by atoms with Crippen molar-refractivity contribution in [3.8, 4) is 22.4 Å². The summed E-state index contributed by atoms with van der Waals surface area (Å²) in [6.45, 7) is 0. The maximum atomic E-state index is 5.71. The number of hydrogen-bond donors (Lipinski definition) is 0. The van der Waals surface area contributed by atoms with E-state index >= 15 is 0 Å². The van der Waals surface area contributed by atoms with E-state index in [9.17, 15) is 0 Å². The molecular formula is C63H47N. The van der Waals surface area contributed by atoms with Crippen molar-refractivity contribution >= 4 is 28.0 Å². The van der Waals surface area contributed by atoms with E-state index < -0.39 is 5.41 Å². The van der Waals surface area contributed by atoms with Gasteiger partial charge in [-0.15, -0.1) is 0 Å². The summed E-state index contributed by atoms with van der Waals surface area (Å²) in [6.07, 6.45) is 41.6. The van der Waals surface area contributed by atoms with Crippen LogP contribution >= 0.6 is 0 Å². The van der Waals surface area contributed by atoms with Crippen LogP contribution in [0.4, 0.5) is 0 Å². The molecule has 64 heavy (non-hydrogen) atoms. The molecule has 7 aliphatic rings. The Morgan fingerprint density at radius 2 is 1.38 bits per heavy atom. The third-order valence-corrected chi connectivity index (χ3v) is 14.8. The van der Waals surface area contributed by atoms with Crippen LogP contribution in [0.3, 0.4) is 0 Å². The SMILES string of the molecule is C1=CC=C(C2=c3ccccc3=C(c3ccc(-c4nc5c(c6c7c(ccc46)C(C4=CCC=CC=C4)(c4ccccc4)c4ccccc4-7)C=CC4CC54)cc3)C3=CCC=CC=C3C2)CC=C1. The lowest BCUT2D eigenvalue weighted by Gasteiger charge is -2.35. The lowest BCUT2D eigenvalue weighted by molar-refractivity contribution is 0.764. The van der Waals surface area contributed by atoms with Gasteiger partial charge >= 0.3 is 0 Å². The number of rotatable bonds is 5. The fourth-order valence-corrected chi connectivity index (χ4v) is 11.9. The first kappa shape index (κ1) is 37.2. The van der Waals surface area contributed by atoms with Crippen molar-refractivity contribution in [1.29, 1.82) is 0 Å². The summed E-state index contributed by atoms with van der Waals surface area (Å²) in [7, 11) is 0. The van der Waals surface area contributed by atoms with E-state index in [4.69, 9.17) is 4.98 Å². The monoisotopic (exact) mass is 817 g/mol. The van der Waals surface area contributed by atoms with Gasteiger partial charge in [-0.25, -0.2) is 0 Å². The van der Waals surface area contributed by atoms with Gasteiger partial charge in [0.15, 0.2) is 0 Å². The average Bonchev–Trinajstić information content (AvgIpc) is 4.20. The summed E-state index contributed by atoms with van der Waals surface area (Å²) in [4.78, 5) is 5.71. The van der Waals surface area contributed by atoms with Crippen LogP contribution in [-0.4, -0.2) is 4.98 Å². The zero-order chi connectivity index (χ0) is 42.2. The molecule has 0 spiro atoms. The minimum absolute atomic E-state index is 0.457. The number of benzene rings is 5. The third-order valence-electron chi connectivity index (χ3n) is 14.8. The highest BCUT2D eigenvalue weighted by Crippen LogP contribution is 2.61. The summed E-state index contributed by atoms with van der Waals surface area (Å²) < 4.78 is 0. The van der Waals surface area contributed by atoms with Crippen molar-refractivity contribution in [2.75, 3.05) is 0 Å². The molecule has 1 heteroatoms. The van der Waals surface area contributed by atoms with Gasteiger partial charge in [0.25, 0.3) is 0 Å². The van der Waals surface area contributed by atoms with Gasteiger partial charge in [-0.05, 0) is 115 Å². The zero-order valence-corrected chi connectivity index (χ0v) is 35.8. The zero-order valence-electron chi connectivity index (χ0n) is 35.8. The molecule has 3 atom stereocenters. The molecule has 0 amide bonds. The summed E-state index contributed by atoms with van der Waals surface area (Å²) in [5.41, 5.74) is 20.4. The third kappa shape index (κ3) is 5.66. The minimum atomic E-state index is -0.457. The minimum Gasteiger partial charge on any atom is -0.251 e. The van der Waals surface area contributed by atoms with Gasteiger partial charge in [0.2, 0.25) is 0 Å². The van der Waals surface area contributed by atoms with E-state index in [0.717, 1.165) is 36.9 Å². The highest BCUT2D eigenvalue weighted by atomic mass is 14.8. The Morgan fingerprint density at radius 1 is 0.594 bits per heavy atom. The molecule has 0 bridgehead atoms. The highest BCUT2D eigenvalue weighted by Gasteiger charge is 2.49. The van der Waals surface area contributed by atoms with E-state index in [1.165, 1.54) is 106 Å². The van der Waals surface area contributed by atoms with Crippen LogP contribution in [0.2, 0.25) is 0 Å². The molecule has 7 aliphatic carbocycles. The van der Waals surface area contributed by atoms with Crippen molar-refractivity contribution in [2.24, 2.45) is 5.92 Å². The second-order valence-electron chi connectivity index (χ2n) is 18.2. The van der Waals surface area contributed by atoms with Gasteiger partial charge in [0, 0.05) is 27.8 Å². The predicted molar refractivity (Wildman–Crippen MR) is 267 cm³/mol. The Bertz CT molecular complexity index is 3440. The fourth-order valence-electron chi connectivity index (χ4n) is 11.9. The quantitative estimate of drug-likeness (QED) is 0.169. The Kier molecular flexibility index (Phi) is 8.66. The standard InChI is InChI=1S/C63H47N/c1-2-8-20-41(19-7-1)54-39-44-21-9-5-14-26-48(44)58(50-28-16-15-27-49(50)54)42-31-33-43(34-32-42)61-52-37-38-57-60(59(52)53-36-35-45-40-55(45)62(53)64-61)51-29-17-18-30-56(51)63(57,47-24-12-6-13-25-47)46-22-10-3-4-11-23-46/h1-10,12-13,15-19,21-38,45,55H,11,14,20,39-40H2. The van der Waals surface area contributed by atoms with Crippen LogP contribution in [-0.2, 0) is 5.41 Å². The Hall–Kier alpha value is -7.35. The van der Waals surface area contributed by atoms with Gasteiger partial charge < -0.3 is 0 Å². The molecule has 5 aromatic carbocycles. The number of aromatic nitrogens is 1. The average molecular weight is 818 g/mol. The van der Waals surface area contributed by atoms with E-state index in [1.54, 1.807) is 0 Å². The Balaban J connectivity index is 1.04. The van der Waals surface area contributed by atoms with Crippen LogP contribution in [0.1, 0.15) is 71.5 Å². The van der Waals surface area contributed by atoms with Crippen LogP contribution in [0, 0.1) is 5.92 Å². The molecule has 304 valence electrons. The normalized spacial score (nSPS) is 22.1. The van der Waals surface area contributed by atoms with Gasteiger partial charge in [-0.2, -0.15) is 0 Å². The number of hydrogen-bond acceptors (Lipinski definition) is 1. The summed E-state index contributed by atoms with van der Waals surface area (Å²) in [5, 5.41) is 5.18. The summed E-state index contributed by atoms with van der Waals surface area (Å²) >= 11 is 0. The molecule has 1 heterocycles. The molecule has 0 aliphatic heterocycles. The molecule has 6 aromatic rings. The van der Waals surface area contributed by atoms with Crippen LogP contribution < -0.4 is 10.4 Å². The molecule has 1 nitrogen and oxygen atoms in total. The van der Waals surface area contributed by atoms with Gasteiger partial charge in [-0.1, -0.05) is 212 Å². The number of allylic oxidation sites excluding steroid dienone is 19. The lowest BCUT2D eigenvalue weighted by atomic mass is 9.66. The van der Waals surface area contributed by atoms with E-state index in [1.807, 2.05) is 0 Å². The first-order chi connectivity index (χ1) is 31.8. The Morgan fingerprint density at radius 3 is 2.30 bits per heavy atom. The molecule has 0 radical (unpaired) electrons. The van der Waals surface area contributed by atoms with Gasteiger partial charge in [0.1, 0.15) is 0 Å². The molecule has 0 N–H and O–H groups in total. The number of fused-ring (bicyclic) bond motifs is 11. The summed E-state index contributed by atoms with van der Waals surface area (Å²) in [5.74, 6) is 1.04. The van der Waals surface area contributed by atoms with Crippen molar-refractivity contribution in [1.82, 2.24) is 4.98 Å². The maximum Gasteiger partial charge on any atom is 0.0784 e.